The molecule has 2 amide bonds. The number of aryl methyl sites for hydroxylation is 2. The van der Waals surface area contributed by atoms with E-state index in [2.05, 4.69) is 4.98 Å². The van der Waals surface area contributed by atoms with Crippen LogP contribution in [-0.4, -0.2) is 37.1 Å². The first-order chi connectivity index (χ1) is 15.9. The summed E-state index contributed by atoms with van der Waals surface area (Å²) < 4.78 is 1.47. The number of thiophene rings is 1. The highest BCUT2D eigenvalue weighted by Gasteiger charge is 2.35. The van der Waals surface area contributed by atoms with Crippen LogP contribution in [0.15, 0.2) is 40.3 Å². The number of amides is 2. The van der Waals surface area contributed by atoms with E-state index in [1.54, 1.807) is 11.3 Å². The Morgan fingerprint density at radius 2 is 1.85 bits per heavy atom. The zero-order valence-electron chi connectivity index (χ0n) is 17.4. The number of carbonyl (C=O) groups excluding carboxylic acids is 2. The van der Waals surface area contributed by atoms with Crippen LogP contribution in [-0.2, 0) is 24.2 Å². The van der Waals surface area contributed by atoms with Gasteiger partial charge in [-0.25, -0.2) is 4.98 Å². The Labute approximate surface area is 195 Å². The number of fused-ring (bicyclic) bond motifs is 3. The lowest BCUT2D eigenvalue weighted by molar-refractivity contribution is -0.384. The summed E-state index contributed by atoms with van der Waals surface area (Å²) in [5, 5.41) is 11.0. The van der Waals surface area contributed by atoms with Gasteiger partial charge in [0.1, 0.15) is 4.83 Å². The third kappa shape index (κ3) is 3.98. The summed E-state index contributed by atoms with van der Waals surface area (Å²) in [5.41, 5.74) is 1.50. The number of benzene rings is 1. The summed E-state index contributed by atoms with van der Waals surface area (Å²) >= 11 is 2.39. The monoisotopic (exact) mass is 482 g/mol. The molecule has 0 unspecified atom stereocenters. The van der Waals surface area contributed by atoms with Crippen LogP contribution in [0, 0.1) is 10.1 Å². The van der Waals surface area contributed by atoms with E-state index < -0.39 is 16.1 Å². The van der Waals surface area contributed by atoms with Crippen molar-refractivity contribution >= 4 is 56.2 Å². The number of rotatable bonds is 5. The van der Waals surface area contributed by atoms with Gasteiger partial charge in [-0.15, -0.1) is 11.3 Å². The van der Waals surface area contributed by atoms with Gasteiger partial charge in [-0.05, 0) is 66.8 Å². The molecule has 1 aliphatic carbocycles. The van der Waals surface area contributed by atoms with Gasteiger partial charge < -0.3 is 0 Å². The predicted molar refractivity (Wildman–Crippen MR) is 126 cm³/mol. The molecule has 3 heterocycles. The molecule has 1 fully saturated rings. The van der Waals surface area contributed by atoms with Crippen LogP contribution in [0.1, 0.15) is 28.8 Å². The fraction of sp³-hybridized carbons (Fsp3) is 0.273. The van der Waals surface area contributed by atoms with Gasteiger partial charge in [-0.1, -0.05) is 0 Å². The van der Waals surface area contributed by atoms with Gasteiger partial charge in [-0.2, -0.15) is 0 Å². The predicted octanol–water partition coefficient (Wildman–Crippen LogP) is 3.98. The molecule has 5 rings (SSSR count). The molecule has 0 radical (unpaired) electrons. The number of nitro groups is 1. The number of hydrogen-bond acceptors (Lipinski definition) is 8. The van der Waals surface area contributed by atoms with Crippen LogP contribution in [0.5, 0.6) is 0 Å². The Bertz CT molecular complexity index is 1390. The number of imide groups is 1. The maximum Gasteiger partial charge on any atom is 0.293 e. The minimum atomic E-state index is -0.502. The van der Waals surface area contributed by atoms with Crippen LogP contribution < -0.4 is 5.56 Å². The smallest absolute Gasteiger partial charge is 0.293 e. The number of aromatic nitrogens is 2. The first kappa shape index (κ1) is 21.5. The maximum absolute atomic E-state index is 13.1. The molecule has 1 saturated heterocycles. The van der Waals surface area contributed by atoms with E-state index in [1.165, 1.54) is 46.1 Å². The number of non-ortho nitro benzene ring substituents is 1. The molecule has 168 valence electrons. The maximum atomic E-state index is 13.1. The standard InChI is InChI=1S/C22H18N4O5S2/c27-20-17(11-13-5-7-14(8-6-13)26(30)31)33-22(29)25(20)10-9-24-12-23-19-18(21(24)28)15-3-1-2-4-16(15)32-19/h5-8,11-12H,1-4,9-10H2/b17-11+. The molecule has 2 aliphatic rings. The molecule has 0 bridgehead atoms. The van der Waals surface area contributed by atoms with Crippen LogP contribution in [0.25, 0.3) is 16.3 Å². The molecule has 0 N–H and O–H groups in total. The fourth-order valence-electron chi connectivity index (χ4n) is 4.08. The lowest BCUT2D eigenvalue weighted by Crippen LogP contribution is -2.34. The molecule has 1 aliphatic heterocycles. The third-order valence-corrected chi connectivity index (χ3v) is 7.89. The second kappa shape index (κ2) is 8.56. The van der Waals surface area contributed by atoms with Crippen molar-refractivity contribution in [2.45, 2.75) is 32.2 Å². The minimum Gasteiger partial charge on any atom is -0.297 e. The average Bonchev–Trinajstić information content (AvgIpc) is 3.31. The van der Waals surface area contributed by atoms with Gasteiger partial charge in [-0.3, -0.25) is 34.0 Å². The Kier molecular flexibility index (Phi) is 5.59. The summed E-state index contributed by atoms with van der Waals surface area (Å²) in [4.78, 5) is 56.4. The quantitative estimate of drug-likeness (QED) is 0.307. The first-order valence-electron chi connectivity index (χ1n) is 10.4. The minimum absolute atomic E-state index is 0.0526. The molecule has 0 saturated carbocycles. The molecule has 0 atom stereocenters. The SMILES string of the molecule is O=C1S/C(=C/c2ccc([N+](=O)[O-])cc2)C(=O)N1CCn1cnc2sc3c(c2c1=O)CCCC3. The van der Waals surface area contributed by atoms with Crippen molar-refractivity contribution in [2.24, 2.45) is 0 Å². The van der Waals surface area contributed by atoms with E-state index in [0.29, 0.717) is 10.9 Å². The largest absolute Gasteiger partial charge is 0.297 e. The van der Waals surface area contributed by atoms with E-state index in [4.69, 9.17) is 0 Å². The highest BCUT2D eigenvalue weighted by Crippen LogP contribution is 2.34. The summed E-state index contributed by atoms with van der Waals surface area (Å²) in [6, 6.07) is 5.73. The normalized spacial score (nSPS) is 17.2. The second-order valence-corrected chi connectivity index (χ2v) is 9.89. The highest BCUT2D eigenvalue weighted by atomic mass is 32.2. The molecular formula is C22H18N4O5S2. The summed E-state index contributed by atoms with van der Waals surface area (Å²) in [6.45, 7) is 0.219. The topological polar surface area (TPSA) is 115 Å². The molecule has 2 aromatic heterocycles. The van der Waals surface area contributed by atoms with Crippen molar-refractivity contribution in [1.82, 2.24) is 14.5 Å². The van der Waals surface area contributed by atoms with Crippen molar-refractivity contribution in [1.29, 1.82) is 0 Å². The van der Waals surface area contributed by atoms with Crippen LogP contribution in [0.2, 0.25) is 0 Å². The number of nitrogens with zero attached hydrogens (tertiary/aromatic N) is 4. The fourth-order valence-corrected chi connectivity index (χ4v) is 6.17. The zero-order valence-corrected chi connectivity index (χ0v) is 19.0. The van der Waals surface area contributed by atoms with Crippen LogP contribution in [0.4, 0.5) is 10.5 Å². The number of hydrogen-bond donors (Lipinski definition) is 0. The van der Waals surface area contributed by atoms with Crippen LogP contribution in [0.3, 0.4) is 0 Å². The Morgan fingerprint density at radius 3 is 2.61 bits per heavy atom. The van der Waals surface area contributed by atoms with Crippen molar-refractivity contribution in [3.8, 4) is 0 Å². The van der Waals surface area contributed by atoms with E-state index in [1.807, 2.05) is 0 Å². The lowest BCUT2D eigenvalue weighted by Gasteiger charge is -2.14. The molecule has 1 aromatic carbocycles. The average molecular weight is 483 g/mol. The highest BCUT2D eigenvalue weighted by molar-refractivity contribution is 8.18. The van der Waals surface area contributed by atoms with Crippen molar-refractivity contribution < 1.29 is 14.5 Å². The third-order valence-electron chi connectivity index (χ3n) is 5.78. The molecular weight excluding hydrogens is 464 g/mol. The van der Waals surface area contributed by atoms with Crippen molar-refractivity contribution in [2.75, 3.05) is 6.54 Å². The Hall–Kier alpha value is -3.31. The molecule has 11 heteroatoms. The van der Waals surface area contributed by atoms with E-state index in [0.717, 1.165) is 52.7 Å². The van der Waals surface area contributed by atoms with Crippen molar-refractivity contribution in [3.05, 3.63) is 72.0 Å². The summed E-state index contributed by atoms with van der Waals surface area (Å²) in [7, 11) is 0. The van der Waals surface area contributed by atoms with Gasteiger partial charge in [0.15, 0.2) is 0 Å². The van der Waals surface area contributed by atoms with Gasteiger partial charge in [0.05, 0.1) is 21.5 Å². The lowest BCUT2D eigenvalue weighted by atomic mass is 9.97. The van der Waals surface area contributed by atoms with Crippen molar-refractivity contribution in [3.63, 3.8) is 0 Å². The second-order valence-electron chi connectivity index (χ2n) is 7.82. The molecule has 33 heavy (non-hydrogen) atoms. The zero-order chi connectivity index (χ0) is 23.1. The van der Waals surface area contributed by atoms with E-state index >= 15 is 0 Å². The van der Waals surface area contributed by atoms with Gasteiger partial charge in [0, 0.05) is 30.1 Å². The number of nitro benzene ring substituents is 1. The molecule has 0 spiro atoms. The number of thioether (sulfide) groups is 1. The number of carbonyl (C=O) groups is 2. The molecule has 9 nitrogen and oxygen atoms in total. The van der Waals surface area contributed by atoms with Gasteiger partial charge in [0.2, 0.25) is 0 Å². The van der Waals surface area contributed by atoms with Crippen LogP contribution >= 0.6 is 23.1 Å². The summed E-state index contributed by atoms with van der Waals surface area (Å²) in [5.74, 6) is -0.446. The van der Waals surface area contributed by atoms with Gasteiger partial charge in [0.25, 0.3) is 22.4 Å². The van der Waals surface area contributed by atoms with E-state index in [9.17, 15) is 24.5 Å². The Balaban J connectivity index is 1.34. The van der Waals surface area contributed by atoms with Gasteiger partial charge >= 0.3 is 0 Å². The molecule has 3 aromatic rings. The summed E-state index contributed by atoms with van der Waals surface area (Å²) in [6.07, 6.45) is 7.07. The first-order valence-corrected chi connectivity index (χ1v) is 12.0. The van der Waals surface area contributed by atoms with E-state index in [-0.39, 0.29) is 29.2 Å². The Morgan fingerprint density at radius 1 is 1.09 bits per heavy atom.